The maximum atomic E-state index is 15.0. The summed E-state index contributed by atoms with van der Waals surface area (Å²) < 4.78 is 37.8. The van der Waals surface area contributed by atoms with Crippen LogP contribution in [0.15, 0.2) is 65.8 Å². The molecule has 1 aliphatic heterocycles. The van der Waals surface area contributed by atoms with Gasteiger partial charge in [0.05, 0.1) is 36.9 Å². The Morgan fingerprint density at radius 1 is 1.11 bits per heavy atom. The smallest absolute Gasteiger partial charge is 0.343 e. The predicted octanol–water partition coefficient (Wildman–Crippen LogP) is 3.21. The van der Waals surface area contributed by atoms with Crippen molar-refractivity contribution in [2.24, 2.45) is 0 Å². The van der Waals surface area contributed by atoms with Gasteiger partial charge in [-0.25, -0.2) is 14.2 Å². The Morgan fingerprint density at radius 3 is 2.74 bits per heavy atom. The van der Waals surface area contributed by atoms with Gasteiger partial charge >= 0.3 is 5.97 Å². The SMILES string of the molecule is COC(=O)c1cccn(-c2ccc(Oc3ccnc4cc(OCCN5CCOCC5)ncc34)c(F)c2)c1=O. The minimum absolute atomic E-state index is 0.0516. The van der Waals surface area contributed by atoms with Crippen LogP contribution in [0.4, 0.5) is 4.39 Å². The van der Waals surface area contributed by atoms with E-state index in [9.17, 15) is 9.59 Å². The average molecular weight is 521 g/mol. The first kappa shape index (κ1) is 25.3. The number of methoxy groups -OCH3 is 1. The van der Waals surface area contributed by atoms with Gasteiger partial charge in [0.25, 0.3) is 5.56 Å². The normalized spacial score (nSPS) is 13.8. The number of aromatic nitrogens is 3. The van der Waals surface area contributed by atoms with E-state index in [2.05, 4.69) is 19.6 Å². The van der Waals surface area contributed by atoms with Crippen molar-refractivity contribution in [1.29, 1.82) is 0 Å². The lowest BCUT2D eigenvalue weighted by molar-refractivity contribution is 0.0320. The summed E-state index contributed by atoms with van der Waals surface area (Å²) in [4.78, 5) is 35.5. The van der Waals surface area contributed by atoms with Crippen LogP contribution in [0, 0.1) is 5.82 Å². The van der Waals surface area contributed by atoms with Crippen molar-refractivity contribution >= 4 is 16.9 Å². The molecule has 0 amide bonds. The number of fused-ring (bicyclic) bond motifs is 1. The second-order valence-corrected chi connectivity index (χ2v) is 8.46. The average Bonchev–Trinajstić information content (AvgIpc) is 2.94. The number of hydrogen-bond acceptors (Lipinski definition) is 9. The molecule has 0 aliphatic carbocycles. The van der Waals surface area contributed by atoms with Gasteiger partial charge in [0.1, 0.15) is 17.9 Å². The zero-order valence-electron chi connectivity index (χ0n) is 20.6. The summed E-state index contributed by atoms with van der Waals surface area (Å²) in [5.74, 6) is -0.721. The van der Waals surface area contributed by atoms with Crippen molar-refractivity contribution in [3.05, 3.63) is 82.8 Å². The topological polar surface area (TPSA) is 105 Å². The van der Waals surface area contributed by atoms with Crippen LogP contribution < -0.4 is 15.0 Å². The van der Waals surface area contributed by atoms with Crippen LogP contribution >= 0.6 is 0 Å². The quantitative estimate of drug-likeness (QED) is 0.324. The van der Waals surface area contributed by atoms with Crippen LogP contribution in [0.2, 0.25) is 0 Å². The van der Waals surface area contributed by atoms with Crippen molar-refractivity contribution in [3.63, 3.8) is 0 Å². The number of ether oxygens (including phenoxy) is 4. The van der Waals surface area contributed by atoms with Crippen LogP contribution in [0.1, 0.15) is 10.4 Å². The number of benzene rings is 1. The van der Waals surface area contributed by atoms with E-state index in [1.807, 2.05) is 0 Å². The number of morpholine rings is 1. The molecule has 0 radical (unpaired) electrons. The van der Waals surface area contributed by atoms with Crippen LogP contribution in [0.5, 0.6) is 17.4 Å². The molecule has 1 aliphatic rings. The molecule has 10 nitrogen and oxygen atoms in total. The molecule has 1 aromatic carbocycles. The second-order valence-electron chi connectivity index (χ2n) is 8.46. The van der Waals surface area contributed by atoms with E-state index in [0.717, 1.165) is 43.5 Å². The fraction of sp³-hybridized carbons (Fsp3) is 0.259. The molecule has 196 valence electrons. The van der Waals surface area contributed by atoms with E-state index < -0.39 is 17.3 Å². The minimum Gasteiger partial charge on any atom is -0.476 e. The Hall–Kier alpha value is -4.35. The van der Waals surface area contributed by atoms with Gasteiger partial charge in [-0.15, -0.1) is 0 Å². The Morgan fingerprint density at radius 2 is 1.95 bits per heavy atom. The third-order valence-corrected chi connectivity index (χ3v) is 6.09. The summed E-state index contributed by atoms with van der Waals surface area (Å²) in [5.41, 5.74) is 0.0327. The summed E-state index contributed by atoms with van der Waals surface area (Å²) in [6.07, 6.45) is 4.57. The molecule has 5 rings (SSSR count). The lowest BCUT2D eigenvalue weighted by Gasteiger charge is -2.26. The van der Waals surface area contributed by atoms with Crippen molar-refractivity contribution < 1.29 is 28.1 Å². The number of rotatable bonds is 8. The molecule has 0 saturated carbocycles. The number of esters is 1. The first-order valence-electron chi connectivity index (χ1n) is 12.0. The molecule has 4 aromatic rings. The van der Waals surface area contributed by atoms with Gasteiger partial charge in [0.15, 0.2) is 11.6 Å². The maximum absolute atomic E-state index is 15.0. The lowest BCUT2D eigenvalue weighted by atomic mass is 10.2. The van der Waals surface area contributed by atoms with Crippen molar-refractivity contribution in [1.82, 2.24) is 19.4 Å². The molecular weight excluding hydrogens is 495 g/mol. The first-order valence-corrected chi connectivity index (χ1v) is 12.0. The molecule has 0 bridgehead atoms. The zero-order valence-corrected chi connectivity index (χ0v) is 20.6. The summed E-state index contributed by atoms with van der Waals surface area (Å²) >= 11 is 0. The Bertz CT molecular complexity index is 1520. The highest BCUT2D eigenvalue weighted by Gasteiger charge is 2.16. The van der Waals surface area contributed by atoms with E-state index in [-0.39, 0.29) is 17.0 Å². The molecular formula is C27H25FN4O6. The molecule has 38 heavy (non-hydrogen) atoms. The summed E-state index contributed by atoms with van der Waals surface area (Å²) in [5, 5.41) is 0.582. The molecule has 4 heterocycles. The fourth-order valence-corrected chi connectivity index (χ4v) is 4.07. The molecule has 11 heteroatoms. The molecule has 1 saturated heterocycles. The maximum Gasteiger partial charge on any atom is 0.343 e. The fourth-order valence-electron chi connectivity index (χ4n) is 4.07. The predicted molar refractivity (Wildman–Crippen MR) is 136 cm³/mol. The molecule has 0 atom stereocenters. The van der Waals surface area contributed by atoms with E-state index in [1.54, 1.807) is 24.5 Å². The van der Waals surface area contributed by atoms with Gasteiger partial charge in [-0.2, -0.15) is 0 Å². The number of pyridine rings is 3. The molecule has 3 aromatic heterocycles. The second kappa shape index (κ2) is 11.4. The third kappa shape index (κ3) is 5.48. The minimum atomic E-state index is -0.770. The number of nitrogens with zero attached hydrogens (tertiary/aromatic N) is 4. The van der Waals surface area contributed by atoms with Crippen LogP contribution in [-0.4, -0.2) is 72.0 Å². The van der Waals surface area contributed by atoms with Crippen molar-refractivity contribution in [2.45, 2.75) is 0 Å². The molecule has 0 unspecified atom stereocenters. The molecule has 1 fully saturated rings. The van der Waals surface area contributed by atoms with Gasteiger partial charge in [0.2, 0.25) is 5.88 Å². The van der Waals surface area contributed by atoms with Crippen LogP contribution in [-0.2, 0) is 9.47 Å². The van der Waals surface area contributed by atoms with Gasteiger partial charge in [-0.05, 0) is 30.3 Å². The summed E-state index contributed by atoms with van der Waals surface area (Å²) in [6.45, 7) is 4.47. The van der Waals surface area contributed by atoms with Crippen molar-refractivity contribution in [2.75, 3.05) is 46.6 Å². The van der Waals surface area contributed by atoms with Gasteiger partial charge in [-0.3, -0.25) is 19.2 Å². The Labute approximate surface area is 217 Å². The number of halogens is 1. The van der Waals surface area contributed by atoms with E-state index in [4.69, 9.17) is 14.2 Å². The number of hydrogen-bond donors (Lipinski definition) is 0. The number of carbonyl (C=O) groups excluding carboxylic acids is 1. The highest BCUT2D eigenvalue weighted by atomic mass is 19.1. The standard InChI is InChI=1S/C27H25FN4O6/c1-35-27(34)19-3-2-8-32(26(19)33)18-4-5-24(21(28)15-18)38-23-6-7-29-22-16-25(30-17-20(22)23)37-14-11-31-9-12-36-13-10-31/h2-8,15-17H,9-14H2,1H3. The summed E-state index contributed by atoms with van der Waals surface area (Å²) in [7, 11) is 1.18. The Balaban J connectivity index is 1.32. The van der Waals surface area contributed by atoms with E-state index in [0.29, 0.717) is 29.1 Å². The molecule has 0 N–H and O–H groups in total. The summed E-state index contributed by atoms with van der Waals surface area (Å²) in [6, 6.07) is 10.3. The van der Waals surface area contributed by atoms with Crippen LogP contribution in [0.25, 0.3) is 16.6 Å². The zero-order chi connectivity index (χ0) is 26.5. The van der Waals surface area contributed by atoms with Gasteiger partial charge in [-0.1, -0.05) is 0 Å². The first-order chi connectivity index (χ1) is 18.5. The lowest BCUT2D eigenvalue weighted by Crippen LogP contribution is -2.38. The monoisotopic (exact) mass is 520 g/mol. The van der Waals surface area contributed by atoms with Crippen molar-refractivity contribution in [3.8, 4) is 23.1 Å². The Kier molecular flexibility index (Phi) is 7.57. The van der Waals surface area contributed by atoms with Crippen LogP contribution in [0.3, 0.4) is 0 Å². The highest BCUT2D eigenvalue weighted by molar-refractivity contribution is 5.89. The van der Waals surface area contributed by atoms with E-state index in [1.165, 1.54) is 37.6 Å². The van der Waals surface area contributed by atoms with E-state index >= 15 is 4.39 Å². The number of carbonyl (C=O) groups is 1. The largest absolute Gasteiger partial charge is 0.476 e. The third-order valence-electron chi connectivity index (χ3n) is 6.09. The van der Waals surface area contributed by atoms with Gasteiger partial charge in [0, 0.05) is 50.4 Å². The molecule has 0 spiro atoms. The highest BCUT2D eigenvalue weighted by Crippen LogP contribution is 2.31. The van der Waals surface area contributed by atoms with Gasteiger partial charge < -0.3 is 18.9 Å².